The monoisotopic (exact) mass is 422 g/mol. The lowest BCUT2D eigenvalue weighted by atomic mass is 10.0. The van der Waals surface area contributed by atoms with E-state index in [2.05, 4.69) is 15.6 Å². The van der Waals surface area contributed by atoms with Crippen molar-refractivity contribution in [3.05, 3.63) is 59.4 Å². The van der Waals surface area contributed by atoms with Gasteiger partial charge in [0.25, 0.3) is 5.91 Å². The second-order valence-electron chi connectivity index (χ2n) is 8.47. The largest absolute Gasteiger partial charge is 0.348 e. The van der Waals surface area contributed by atoms with E-state index in [1.807, 2.05) is 49.1 Å². The van der Waals surface area contributed by atoms with E-state index in [1.54, 1.807) is 12.4 Å². The molecule has 1 aliphatic rings. The molecule has 2 amide bonds. The first-order chi connectivity index (χ1) is 15.1. The summed E-state index contributed by atoms with van der Waals surface area (Å²) >= 11 is 0. The third-order valence-corrected chi connectivity index (χ3v) is 5.65. The number of aromatic nitrogens is 1. The predicted octanol–water partition coefficient (Wildman–Crippen LogP) is 4.05. The summed E-state index contributed by atoms with van der Waals surface area (Å²) in [5, 5.41) is 6.47. The standard InChI is InChI=1S/C25H34N4O2/c1-19(2)25(31)29-15-7-5-3-4-6-12-27-18-22-16-21(8-9-23(22)29)24(30)28-17-20-10-13-26-14-11-20/h8-11,13-14,16,19,27H,3-7,12,15,17-18H2,1-2H3,(H,28,30). The van der Waals surface area contributed by atoms with Gasteiger partial charge in [0.1, 0.15) is 0 Å². The van der Waals surface area contributed by atoms with Crippen LogP contribution in [0.2, 0.25) is 0 Å². The van der Waals surface area contributed by atoms with Gasteiger partial charge < -0.3 is 15.5 Å². The van der Waals surface area contributed by atoms with Crippen LogP contribution < -0.4 is 15.5 Å². The number of hydrogen-bond acceptors (Lipinski definition) is 4. The smallest absolute Gasteiger partial charge is 0.251 e. The molecule has 31 heavy (non-hydrogen) atoms. The number of nitrogens with one attached hydrogen (secondary N) is 2. The highest BCUT2D eigenvalue weighted by molar-refractivity contribution is 5.98. The topological polar surface area (TPSA) is 74.3 Å². The Balaban J connectivity index is 1.83. The average molecular weight is 423 g/mol. The molecular formula is C25H34N4O2. The Kier molecular flexibility index (Phi) is 8.59. The summed E-state index contributed by atoms with van der Waals surface area (Å²) < 4.78 is 0. The quantitative estimate of drug-likeness (QED) is 0.779. The van der Waals surface area contributed by atoms with Crippen molar-refractivity contribution in [2.45, 2.75) is 59.0 Å². The molecule has 0 saturated heterocycles. The summed E-state index contributed by atoms with van der Waals surface area (Å²) in [7, 11) is 0. The van der Waals surface area contributed by atoms with Crippen LogP contribution in [0, 0.1) is 5.92 Å². The SMILES string of the molecule is CC(C)C(=O)N1CCCCCCCNCc2cc(C(=O)NCc3ccncc3)ccc21. The first-order valence-corrected chi connectivity index (χ1v) is 11.4. The first-order valence-electron chi connectivity index (χ1n) is 11.4. The molecule has 0 radical (unpaired) electrons. The molecule has 0 saturated carbocycles. The van der Waals surface area contributed by atoms with Gasteiger partial charge in [0.05, 0.1) is 0 Å². The minimum atomic E-state index is -0.118. The molecule has 0 unspecified atom stereocenters. The predicted molar refractivity (Wildman–Crippen MR) is 124 cm³/mol. The number of hydrogen-bond donors (Lipinski definition) is 2. The second-order valence-corrected chi connectivity index (χ2v) is 8.47. The number of rotatable bonds is 4. The molecule has 6 heteroatoms. The molecule has 2 aromatic rings. The highest BCUT2D eigenvalue weighted by Gasteiger charge is 2.22. The summed E-state index contributed by atoms with van der Waals surface area (Å²) in [5.74, 6) is -0.0577. The molecule has 0 aliphatic carbocycles. The van der Waals surface area contributed by atoms with Crippen molar-refractivity contribution >= 4 is 17.5 Å². The lowest BCUT2D eigenvalue weighted by molar-refractivity contribution is -0.121. The summed E-state index contributed by atoms with van der Waals surface area (Å²) in [6, 6.07) is 9.46. The molecule has 0 bridgehead atoms. The van der Waals surface area contributed by atoms with E-state index in [1.165, 1.54) is 12.8 Å². The Bertz CT molecular complexity index is 867. The molecule has 166 valence electrons. The molecular weight excluding hydrogens is 388 g/mol. The van der Waals surface area contributed by atoms with E-state index in [0.29, 0.717) is 18.7 Å². The van der Waals surface area contributed by atoms with Crippen molar-refractivity contribution in [3.63, 3.8) is 0 Å². The minimum absolute atomic E-state index is 0.0722. The van der Waals surface area contributed by atoms with Gasteiger partial charge in [-0.1, -0.05) is 33.1 Å². The number of benzene rings is 1. The maximum Gasteiger partial charge on any atom is 0.251 e. The van der Waals surface area contributed by atoms with Crippen LogP contribution in [0.1, 0.15) is 67.4 Å². The molecule has 0 spiro atoms. The van der Waals surface area contributed by atoms with Crippen molar-refractivity contribution in [2.24, 2.45) is 5.92 Å². The van der Waals surface area contributed by atoms with Crippen molar-refractivity contribution < 1.29 is 9.59 Å². The summed E-state index contributed by atoms with van der Waals surface area (Å²) in [5.41, 5.74) is 3.52. The number of amides is 2. The second kappa shape index (κ2) is 11.6. The van der Waals surface area contributed by atoms with Crippen LogP contribution in [0.4, 0.5) is 5.69 Å². The Morgan fingerprint density at radius 2 is 1.81 bits per heavy atom. The fourth-order valence-corrected chi connectivity index (χ4v) is 3.85. The fraction of sp³-hybridized carbons (Fsp3) is 0.480. The maximum absolute atomic E-state index is 13.0. The van der Waals surface area contributed by atoms with Crippen LogP contribution in [-0.4, -0.2) is 29.9 Å². The van der Waals surface area contributed by atoms with Gasteiger partial charge in [0.15, 0.2) is 0 Å². The molecule has 2 N–H and O–H groups in total. The normalized spacial score (nSPS) is 15.5. The number of carbonyl (C=O) groups is 2. The number of carbonyl (C=O) groups excluding carboxylic acids is 2. The first kappa shape index (κ1) is 22.9. The highest BCUT2D eigenvalue weighted by atomic mass is 16.2. The fourth-order valence-electron chi connectivity index (χ4n) is 3.85. The zero-order valence-electron chi connectivity index (χ0n) is 18.7. The number of fused-ring (bicyclic) bond motifs is 1. The van der Waals surface area contributed by atoms with Crippen molar-refractivity contribution in [2.75, 3.05) is 18.0 Å². The van der Waals surface area contributed by atoms with Crippen LogP contribution in [0.25, 0.3) is 0 Å². The van der Waals surface area contributed by atoms with Gasteiger partial charge in [-0.3, -0.25) is 14.6 Å². The van der Waals surface area contributed by atoms with Crippen LogP contribution in [0.5, 0.6) is 0 Å². The van der Waals surface area contributed by atoms with Crippen LogP contribution in [-0.2, 0) is 17.9 Å². The summed E-state index contributed by atoms with van der Waals surface area (Å²) in [6.45, 7) is 6.64. The Labute approximate surface area is 185 Å². The van der Waals surface area contributed by atoms with Gasteiger partial charge in [-0.15, -0.1) is 0 Å². The van der Waals surface area contributed by atoms with Gasteiger partial charge in [0.2, 0.25) is 5.91 Å². The summed E-state index contributed by atoms with van der Waals surface area (Å²) in [4.78, 5) is 31.7. The Morgan fingerprint density at radius 3 is 2.58 bits per heavy atom. The van der Waals surface area contributed by atoms with E-state index >= 15 is 0 Å². The van der Waals surface area contributed by atoms with Gasteiger partial charge in [-0.25, -0.2) is 0 Å². The van der Waals surface area contributed by atoms with Crippen molar-refractivity contribution in [3.8, 4) is 0 Å². The zero-order chi connectivity index (χ0) is 22.1. The van der Waals surface area contributed by atoms with E-state index in [-0.39, 0.29) is 17.7 Å². The molecule has 1 aliphatic heterocycles. The van der Waals surface area contributed by atoms with Crippen LogP contribution >= 0.6 is 0 Å². The van der Waals surface area contributed by atoms with Crippen molar-refractivity contribution in [1.29, 1.82) is 0 Å². The molecule has 1 aromatic heterocycles. The molecule has 1 aromatic carbocycles. The maximum atomic E-state index is 13.0. The highest BCUT2D eigenvalue weighted by Crippen LogP contribution is 2.25. The molecule has 0 fully saturated rings. The van der Waals surface area contributed by atoms with Gasteiger partial charge in [0, 0.05) is 49.2 Å². The third-order valence-electron chi connectivity index (χ3n) is 5.65. The Morgan fingerprint density at radius 1 is 1.06 bits per heavy atom. The lowest BCUT2D eigenvalue weighted by Gasteiger charge is -2.28. The number of anilines is 1. The number of pyridine rings is 1. The molecule has 6 nitrogen and oxygen atoms in total. The van der Waals surface area contributed by atoms with Gasteiger partial charge >= 0.3 is 0 Å². The van der Waals surface area contributed by atoms with Gasteiger partial charge in [-0.05, 0) is 60.8 Å². The van der Waals surface area contributed by atoms with Gasteiger partial charge in [-0.2, -0.15) is 0 Å². The Hall–Kier alpha value is -2.73. The minimum Gasteiger partial charge on any atom is -0.348 e. The molecule has 0 atom stereocenters. The third kappa shape index (κ3) is 6.62. The summed E-state index contributed by atoms with van der Waals surface area (Å²) in [6.07, 6.45) is 9.12. The van der Waals surface area contributed by atoms with Crippen molar-refractivity contribution in [1.82, 2.24) is 15.6 Å². The van der Waals surface area contributed by atoms with Crippen LogP contribution in [0.15, 0.2) is 42.7 Å². The van der Waals surface area contributed by atoms with Crippen LogP contribution in [0.3, 0.4) is 0 Å². The molecule has 2 heterocycles. The van der Waals surface area contributed by atoms with E-state index < -0.39 is 0 Å². The average Bonchev–Trinajstić information content (AvgIpc) is 2.78. The lowest BCUT2D eigenvalue weighted by Crippen LogP contribution is -2.36. The number of nitrogens with zero attached hydrogens (tertiary/aromatic N) is 2. The zero-order valence-corrected chi connectivity index (χ0v) is 18.7. The van der Waals surface area contributed by atoms with E-state index in [4.69, 9.17) is 0 Å². The molecule has 3 rings (SSSR count). The van der Waals surface area contributed by atoms with E-state index in [9.17, 15) is 9.59 Å². The van der Waals surface area contributed by atoms with E-state index in [0.717, 1.165) is 49.2 Å².